The highest BCUT2D eigenvalue weighted by atomic mass is 35.5. The van der Waals surface area contributed by atoms with E-state index in [-0.39, 0.29) is 0 Å². The Morgan fingerprint density at radius 3 is 2.81 bits per heavy atom. The minimum absolute atomic E-state index is 0.474. The zero-order chi connectivity index (χ0) is 11.5. The highest BCUT2D eigenvalue weighted by Gasteiger charge is 2.04. The van der Waals surface area contributed by atoms with Crippen LogP contribution in [0.25, 0.3) is 0 Å². The molecule has 0 aliphatic rings. The molecule has 0 aliphatic heterocycles. The van der Waals surface area contributed by atoms with Crippen molar-refractivity contribution in [2.75, 3.05) is 0 Å². The third-order valence-corrected chi connectivity index (χ3v) is 2.97. The van der Waals surface area contributed by atoms with Gasteiger partial charge in [-0.05, 0) is 17.2 Å². The SMILES string of the molecule is Cn1ccnc1Cc1ccc(CN)c(Cl)c1. The Morgan fingerprint density at radius 1 is 1.44 bits per heavy atom. The van der Waals surface area contributed by atoms with Gasteiger partial charge in [0.1, 0.15) is 5.82 Å². The molecule has 1 aromatic carbocycles. The van der Waals surface area contributed by atoms with Crippen molar-refractivity contribution in [2.24, 2.45) is 12.8 Å². The summed E-state index contributed by atoms with van der Waals surface area (Å²) in [4.78, 5) is 4.28. The predicted molar refractivity (Wildman–Crippen MR) is 65.4 cm³/mol. The Morgan fingerprint density at radius 2 is 2.25 bits per heavy atom. The molecular weight excluding hydrogens is 222 g/mol. The van der Waals surface area contributed by atoms with E-state index in [4.69, 9.17) is 17.3 Å². The molecule has 0 saturated carbocycles. The Bertz CT molecular complexity index is 491. The fourth-order valence-electron chi connectivity index (χ4n) is 1.62. The molecule has 2 rings (SSSR count). The Kier molecular flexibility index (Phi) is 3.27. The van der Waals surface area contributed by atoms with Crippen LogP contribution in [-0.2, 0) is 20.0 Å². The fraction of sp³-hybridized carbons (Fsp3) is 0.250. The van der Waals surface area contributed by atoms with Crippen LogP contribution in [-0.4, -0.2) is 9.55 Å². The highest BCUT2D eigenvalue weighted by Crippen LogP contribution is 2.18. The number of imidazole rings is 1. The standard InChI is InChI=1S/C12H14ClN3/c1-16-5-4-15-12(16)7-9-2-3-10(8-14)11(13)6-9/h2-6H,7-8,14H2,1H3. The van der Waals surface area contributed by atoms with E-state index in [1.165, 1.54) is 0 Å². The lowest BCUT2D eigenvalue weighted by molar-refractivity contribution is 0.821. The molecule has 0 saturated heterocycles. The molecule has 0 unspecified atom stereocenters. The summed E-state index contributed by atoms with van der Waals surface area (Å²) in [6.45, 7) is 0.474. The first-order chi connectivity index (χ1) is 7.70. The topological polar surface area (TPSA) is 43.8 Å². The molecule has 16 heavy (non-hydrogen) atoms. The summed E-state index contributed by atoms with van der Waals surface area (Å²) in [6.07, 6.45) is 4.52. The number of benzene rings is 1. The number of rotatable bonds is 3. The maximum atomic E-state index is 6.10. The summed E-state index contributed by atoms with van der Waals surface area (Å²) >= 11 is 6.10. The van der Waals surface area contributed by atoms with E-state index in [1.54, 1.807) is 6.20 Å². The van der Waals surface area contributed by atoms with Crippen LogP contribution >= 0.6 is 11.6 Å². The highest BCUT2D eigenvalue weighted by molar-refractivity contribution is 6.31. The molecule has 0 amide bonds. The van der Waals surface area contributed by atoms with Crippen LogP contribution < -0.4 is 5.73 Å². The van der Waals surface area contributed by atoms with Crippen LogP contribution in [0.15, 0.2) is 30.6 Å². The van der Waals surface area contributed by atoms with Crippen molar-refractivity contribution in [3.63, 3.8) is 0 Å². The average molecular weight is 236 g/mol. The van der Waals surface area contributed by atoms with Gasteiger partial charge in [0.05, 0.1) is 0 Å². The molecular formula is C12H14ClN3. The summed E-state index contributed by atoms with van der Waals surface area (Å²) in [5, 5.41) is 0.731. The molecule has 0 spiro atoms. The molecule has 0 radical (unpaired) electrons. The molecule has 84 valence electrons. The molecule has 0 aliphatic carbocycles. The molecule has 1 heterocycles. The first kappa shape index (κ1) is 11.2. The van der Waals surface area contributed by atoms with Gasteiger partial charge in [-0.2, -0.15) is 0 Å². The molecule has 0 fully saturated rings. The molecule has 0 atom stereocenters. The zero-order valence-electron chi connectivity index (χ0n) is 9.15. The number of nitrogens with zero attached hydrogens (tertiary/aromatic N) is 2. The third-order valence-electron chi connectivity index (χ3n) is 2.62. The van der Waals surface area contributed by atoms with Crippen molar-refractivity contribution >= 4 is 11.6 Å². The number of aryl methyl sites for hydroxylation is 1. The van der Waals surface area contributed by atoms with Crippen LogP contribution in [0.1, 0.15) is 17.0 Å². The normalized spacial score (nSPS) is 10.7. The summed E-state index contributed by atoms with van der Waals surface area (Å²) in [6, 6.07) is 5.97. The zero-order valence-corrected chi connectivity index (χ0v) is 9.91. The Labute approximate surface area is 99.9 Å². The minimum atomic E-state index is 0.474. The van der Waals surface area contributed by atoms with E-state index < -0.39 is 0 Å². The second kappa shape index (κ2) is 4.68. The van der Waals surface area contributed by atoms with Crippen molar-refractivity contribution in [1.29, 1.82) is 0 Å². The van der Waals surface area contributed by atoms with Crippen molar-refractivity contribution in [3.05, 3.63) is 52.6 Å². The van der Waals surface area contributed by atoms with Gasteiger partial charge in [-0.1, -0.05) is 23.7 Å². The van der Waals surface area contributed by atoms with Gasteiger partial charge in [-0.15, -0.1) is 0 Å². The van der Waals surface area contributed by atoms with E-state index in [9.17, 15) is 0 Å². The largest absolute Gasteiger partial charge is 0.338 e. The van der Waals surface area contributed by atoms with Gasteiger partial charge < -0.3 is 10.3 Å². The summed E-state index contributed by atoms with van der Waals surface area (Å²) in [5.41, 5.74) is 7.69. The predicted octanol–water partition coefficient (Wildman–Crippen LogP) is 2.12. The van der Waals surface area contributed by atoms with Gasteiger partial charge in [0, 0.05) is 37.4 Å². The van der Waals surface area contributed by atoms with Crippen molar-refractivity contribution in [1.82, 2.24) is 9.55 Å². The van der Waals surface area contributed by atoms with E-state index in [0.717, 1.165) is 28.4 Å². The maximum Gasteiger partial charge on any atom is 0.112 e. The molecule has 0 bridgehead atoms. The van der Waals surface area contributed by atoms with E-state index in [1.807, 2.05) is 36.0 Å². The smallest absolute Gasteiger partial charge is 0.112 e. The summed E-state index contributed by atoms with van der Waals surface area (Å²) in [7, 11) is 1.98. The van der Waals surface area contributed by atoms with Crippen LogP contribution in [0, 0.1) is 0 Å². The lowest BCUT2D eigenvalue weighted by Crippen LogP contribution is -2.00. The number of hydrogen-bond donors (Lipinski definition) is 1. The van der Waals surface area contributed by atoms with Crippen LogP contribution in [0.5, 0.6) is 0 Å². The van der Waals surface area contributed by atoms with Crippen LogP contribution in [0.2, 0.25) is 5.02 Å². The van der Waals surface area contributed by atoms with Crippen LogP contribution in [0.4, 0.5) is 0 Å². The van der Waals surface area contributed by atoms with Gasteiger partial charge in [0.2, 0.25) is 0 Å². The number of halogens is 1. The van der Waals surface area contributed by atoms with Crippen LogP contribution in [0.3, 0.4) is 0 Å². The van der Waals surface area contributed by atoms with Gasteiger partial charge in [0.15, 0.2) is 0 Å². The first-order valence-electron chi connectivity index (χ1n) is 5.14. The van der Waals surface area contributed by atoms with Crippen molar-refractivity contribution in [2.45, 2.75) is 13.0 Å². The lowest BCUT2D eigenvalue weighted by Gasteiger charge is -2.05. The number of aromatic nitrogens is 2. The summed E-state index contributed by atoms with van der Waals surface area (Å²) < 4.78 is 2.00. The second-order valence-corrected chi connectivity index (χ2v) is 4.17. The third kappa shape index (κ3) is 2.26. The van der Waals surface area contributed by atoms with E-state index >= 15 is 0 Å². The molecule has 4 heteroatoms. The molecule has 3 nitrogen and oxygen atoms in total. The van der Waals surface area contributed by atoms with Crippen molar-refractivity contribution in [3.8, 4) is 0 Å². The van der Waals surface area contributed by atoms with E-state index in [2.05, 4.69) is 4.98 Å². The fourth-order valence-corrected chi connectivity index (χ4v) is 1.90. The van der Waals surface area contributed by atoms with Gasteiger partial charge in [-0.3, -0.25) is 0 Å². The van der Waals surface area contributed by atoms with E-state index in [0.29, 0.717) is 6.54 Å². The van der Waals surface area contributed by atoms with Gasteiger partial charge in [-0.25, -0.2) is 4.98 Å². The number of nitrogens with two attached hydrogens (primary N) is 1. The first-order valence-corrected chi connectivity index (χ1v) is 5.52. The molecule has 2 aromatic rings. The molecule has 1 aromatic heterocycles. The van der Waals surface area contributed by atoms with Gasteiger partial charge in [0.25, 0.3) is 0 Å². The lowest BCUT2D eigenvalue weighted by atomic mass is 10.1. The number of hydrogen-bond acceptors (Lipinski definition) is 2. The monoisotopic (exact) mass is 235 g/mol. The Hall–Kier alpha value is -1.32. The summed E-state index contributed by atoms with van der Waals surface area (Å²) in [5.74, 6) is 1.02. The average Bonchev–Trinajstić information content (AvgIpc) is 2.65. The maximum absolute atomic E-state index is 6.10. The molecule has 2 N–H and O–H groups in total. The van der Waals surface area contributed by atoms with Crippen molar-refractivity contribution < 1.29 is 0 Å². The Balaban J connectivity index is 2.23. The second-order valence-electron chi connectivity index (χ2n) is 3.76. The van der Waals surface area contributed by atoms with Gasteiger partial charge >= 0.3 is 0 Å². The quantitative estimate of drug-likeness (QED) is 0.886. The minimum Gasteiger partial charge on any atom is -0.338 e.